The second-order valence-electron chi connectivity index (χ2n) is 5.49. The second-order valence-corrected chi connectivity index (χ2v) is 7.01. The highest BCUT2D eigenvalue weighted by molar-refractivity contribution is 7.99. The summed E-state index contributed by atoms with van der Waals surface area (Å²) in [6, 6.07) is 0.250. The van der Waals surface area contributed by atoms with E-state index in [1.807, 2.05) is 11.8 Å². The van der Waals surface area contributed by atoms with E-state index in [4.69, 9.17) is 5.11 Å². The number of hydrogen-bond acceptors (Lipinski definition) is 3. The maximum Gasteiger partial charge on any atom is 0.315 e. The fourth-order valence-electron chi connectivity index (χ4n) is 2.68. The zero-order chi connectivity index (χ0) is 15.5. The van der Waals surface area contributed by atoms with Gasteiger partial charge in [-0.15, -0.1) is 0 Å². The number of nitrogens with one attached hydrogen (secondary N) is 2. The van der Waals surface area contributed by atoms with E-state index in [2.05, 4.69) is 17.6 Å². The van der Waals surface area contributed by atoms with E-state index in [0.717, 1.165) is 37.9 Å². The molecule has 5 nitrogen and oxygen atoms in total. The molecule has 0 saturated heterocycles. The van der Waals surface area contributed by atoms with Crippen LogP contribution in [0.1, 0.15) is 58.3 Å². The lowest BCUT2D eigenvalue weighted by Gasteiger charge is -2.20. The zero-order valence-electron chi connectivity index (χ0n) is 12.9. The van der Waals surface area contributed by atoms with Crippen molar-refractivity contribution in [2.24, 2.45) is 0 Å². The monoisotopic (exact) mass is 316 g/mol. The lowest BCUT2D eigenvalue weighted by molar-refractivity contribution is -0.137. The predicted octanol–water partition coefficient (Wildman–Crippen LogP) is 2.99. The van der Waals surface area contributed by atoms with Crippen molar-refractivity contribution in [3.05, 3.63) is 0 Å². The third-order valence-electron chi connectivity index (χ3n) is 3.75. The summed E-state index contributed by atoms with van der Waals surface area (Å²) in [7, 11) is 0. The Hall–Kier alpha value is -0.910. The van der Waals surface area contributed by atoms with E-state index in [9.17, 15) is 9.59 Å². The van der Waals surface area contributed by atoms with Gasteiger partial charge in [0.25, 0.3) is 0 Å². The third-order valence-corrected chi connectivity index (χ3v) is 5.08. The van der Waals surface area contributed by atoms with Crippen LogP contribution in [0.15, 0.2) is 0 Å². The lowest BCUT2D eigenvalue weighted by Crippen LogP contribution is -2.44. The molecule has 2 amide bonds. The first-order valence-electron chi connectivity index (χ1n) is 8.01. The van der Waals surface area contributed by atoms with Crippen molar-refractivity contribution in [3.63, 3.8) is 0 Å². The quantitative estimate of drug-likeness (QED) is 0.541. The molecule has 1 rings (SSSR count). The number of hydrogen-bond donors (Lipinski definition) is 3. The van der Waals surface area contributed by atoms with Gasteiger partial charge in [-0.1, -0.05) is 26.2 Å². The molecule has 1 aliphatic rings. The summed E-state index contributed by atoms with van der Waals surface area (Å²) in [5.74, 6) is 0.365. The SMILES string of the molecule is CCSC1CCCC1NC(=O)NCCCCCCC(=O)O. The highest BCUT2D eigenvalue weighted by Gasteiger charge is 2.28. The number of aliphatic carboxylic acids is 1. The molecule has 0 spiro atoms. The van der Waals surface area contributed by atoms with Gasteiger partial charge in [0.05, 0.1) is 0 Å². The van der Waals surface area contributed by atoms with Crippen molar-refractivity contribution in [2.75, 3.05) is 12.3 Å². The Morgan fingerprint density at radius 2 is 1.95 bits per heavy atom. The highest BCUT2D eigenvalue weighted by Crippen LogP contribution is 2.29. The molecule has 1 aliphatic carbocycles. The summed E-state index contributed by atoms with van der Waals surface area (Å²) >= 11 is 1.94. The first-order chi connectivity index (χ1) is 10.1. The van der Waals surface area contributed by atoms with Crippen LogP contribution in [-0.2, 0) is 4.79 Å². The Morgan fingerprint density at radius 1 is 1.19 bits per heavy atom. The summed E-state index contributed by atoms with van der Waals surface area (Å²) in [5.41, 5.74) is 0. The van der Waals surface area contributed by atoms with E-state index in [1.165, 1.54) is 12.8 Å². The first-order valence-corrected chi connectivity index (χ1v) is 9.06. The molecule has 2 atom stereocenters. The molecule has 1 saturated carbocycles. The van der Waals surface area contributed by atoms with E-state index in [-0.39, 0.29) is 12.5 Å². The number of carbonyl (C=O) groups is 2. The van der Waals surface area contributed by atoms with Crippen molar-refractivity contribution in [2.45, 2.75) is 69.6 Å². The fourth-order valence-corrected chi connectivity index (χ4v) is 3.88. The maximum atomic E-state index is 11.8. The Bertz CT molecular complexity index is 326. The number of rotatable bonds is 10. The molecule has 0 aromatic carbocycles. The Balaban J connectivity index is 2.02. The maximum absolute atomic E-state index is 11.8. The van der Waals surface area contributed by atoms with Crippen LogP contribution in [0.5, 0.6) is 0 Å². The summed E-state index contributed by atoms with van der Waals surface area (Å²) in [6.45, 7) is 2.82. The molecule has 0 bridgehead atoms. The number of unbranched alkanes of at least 4 members (excludes halogenated alkanes) is 3. The van der Waals surface area contributed by atoms with Crippen LogP contribution in [0.3, 0.4) is 0 Å². The average Bonchev–Trinajstić information content (AvgIpc) is 2.85. The van der Waals surface area contributed by atoms with Gasteiger partial charge in [-0.25, -0.2) is 4.79 Å². The molecule has 1 fully saturated rings. The van der Waals surface area contributed by atoms with E-state index >= 15 is 0 Å². The Kier molecular flexibility index (Phi) is 9.30. The molecule has 3 N–H and O–H groups in total. The molecular formula is C15H28N2O3S. The van der Waals surface area contributed by atoms with Crippen LogP contribution in [0.4, 0.5) is 4.79 Å². The minimum atomic E-state index is -0.733. The minimum Gasteiger partial charge on any atom is -0.481 e. The number of carboxylic acids is 1. The average molecular weight is 316 g/mol. The van der Waals surface area contributed by atoms with Crippen LogP contribution in [0.2, 0.25) is 0 Å². The molecule has 0 heterocycles. The van der Waals surface area contributed by atoms with Crippen LogP contribution in [0, 0.1) is 0 Å². The summed E-state index contributed by atoms with van der Waals surface area (Å²) in [4.78, 5) is 22.2. The standard InChI is InChI=1S/C15H28N2O3S/c1-2-21-13-9-7-8-12(13)17-15(20)16-11-6-4-3-5-10-14(18)19/h12-13H,2-11H2,1H3,(H,18,19)(H2,16,17,20). The van der Waals surface area contributed by atoms with Gasteiger partial charge in [-0.2, -0.15) is 11.8 Å². The van der Waals surface area contributed by atoms with Gasteiger partial charge in [-0.3, -0.25) is 4.79 Å². The third kappa shape index (κ3) is 8.19. The van der Waals surface area contributed by atoms with Crippen molar-refractivity contribution in [1.29, 1.82) is 0 Å². The lowest BCUT2D eigenvalue weighted by atomic mass is 10.1. The molecule has 21 heavy (non-hydrogen) atoms. The van der Waals surface area contributed by atoms with Crippen molar-refractivity contribution in [3.8, 4) is 0 Å². The minimum absolute atomic E-state index is 0.0610. The number of carboxylic acid groups (broad SMARTS) is 1. The molecule has 122 valence electrons. The van der Waals surface area contributed by atoms with Crippen LogP contribution in [0.25, 0.3) is 0 Å². The predicted molar refractivity (Wildman–Crippen MR) is 86.8 cm³/mol. The zero-order valence-corrected chi connectivity index (χ0v) is 13.7. The molecule has 0 aromatic rings. The molecule has 6 heteroatoms. The molecule has 2 unspecified atom stereocenters. The fraction of sp³-hybridized carbons (Fsp3) is 0.867. The largest absolute Gasteiger partial charge is 0.481 e. The molecule has 0 aromatic heterocycles. The summed E-state index contributed by atoms with van der Waals surface area (Å²) in [5, 5.41) is 15.1. The molecular weight excluding hydrogens is 288 g/mol. The van der Waals surface area contributed by atoms with Gasteiger partial charge in [0.15, 0.2) is 0 Å². The summed E-state index contributed by atoms with van der Waals surface area (Å²) < 4.78 is 0. The van der Waals surface area contributed by atoms with Gasteiger partial charge >= 0.3 is 12.0 Å². The van der Waals surface area contributed by atoms with Gasteiger partial charge in [0, 0.05) is 24.3 Å². The van der Waals surface area contributed by atoms with Gasteiger partial charge in [0.1, 0.15) is 0 Å². The number of amides is 2. The normalized spacial score (nSPS) is 21.2. The van der Waals surface area contributed by atoms with E-state index in [1.54, 1.807) is 0 Å². The van der Waals surface area contributed by atoms with Crippen molar-refractivity contribution < 1.29 is 14.7 Å². The number of carbonyl (C=O) groups excluding carboxylic acids is 1. The number of urea groups is 1. The number of thioether (sulfide) groups is 1. The highest BCUT2D eigenvalue weighted by atomic mass is 32.2. The molecule has 0 radical (unpaired) electrons. The smallest absolute Gasteiger partial charge is 0.315 e. The van der Waals surface area contributed by atoms with Gasteiger partial charge in [-0.05, 0) is 31.4 Å². The Labute approximate surface area is 131 Å². The summed E-state index contributed by atoms with van der Waals surface area (Å²) in [6.07, 6.45) is 7.23. The van der Waals surface area contributed by atoms with Gasteiger partial charge < -0.3 is 15.7 Å². The first kappa shape index (κ1) is 18.1. The van der Waals surface area contributed by atoms with Gasteiger partial charge in [0.2, 0.25) is 0 Å². The molecule has 0 aliphatic heterocycles. The second kappa shape index (κ2) is 10.8. The topological polar surface area (TPSA) is 78.4 Å². The van der Waals surface area contributed by atoms with Crippen molar-refractivity contribution >= 4 is 23.8 Å². The van der Waals surface area contributed by atoms with Crippen LogP contribution in [-0.4, -0.2) is 40.7 Å². The van der Waals surface area contributed by atoms with E-state index < -0.39 is 5.97 Å². The van der Waals surface area contributed by atoms with Crippen LogP contribution < -0.4 is 10.6 Å². The Morgan fingerprint density at radius 3 is 2.67 bits per heavy atom. The van der Waals surface area contributed by atoms with E-state index in [0.29, 0.717) is 17.8 Å². The van der Waals surface area contributed by atoms with Crippen LogP contribution >= 0.6 is 11.8 Å². The van der Waals surface area contributed by atoms with Crippen molar-refractivity contribution in [1.82, 2.24) is 10.6 Å².